The Kier molecular flexibility index (Phi) is 9.31. The quantitative estimate of drug-likeness (QED) is 0.236. The summed E-state index contributed by atoms with van der Waals surface area (Å²) >= 11 is 3.18. The number of carbonyl (C=O) groups excluding carboxylic acids is 1. The first-order valence-corrected chi connectivity index (χ1v) is 8.64. The molecule has 0 aliphatic heterocycles. The van der Waals surface area contributed by atoms with Gasteiger partial charge in [-0.1, -0.05) is 30.3 Å². The Bertz CT molecular complexity index is 719. The molecule has 0 atom stereocenters. The third-order valence-corrected chi connectivity index (χ3v) is 3.60. The molecule has 6 nitrogen and oxygen atoms in total. The van der Waals surface area contributed by atoms with Crippen molar-refractivity contribution in [3.05, 3.63) is 29.8 Å². The van der Waals surface area contributed by atoms with Gasteiger partial charge in [0.25, 0.3) is 10.1 Å². The molecule has 26 heavy (non-hydrogen) atoms. The fraction of sp³-hybridized carbons (Fsp3) is 0.462. The van der Waals surface area contributed by atoms with E-state index >= 15 is 0 Å². The zero-order chi connectivity index (χ0) is 20.6. The lowest BCUT2D eigenvalue weighted by Crippen LogP contribution is -2.36. The monoisotopic (exact) mass is 422 g/mol. The lowest BCUT2D eigenvalue weighted by molar-refractivity contribution is -0.284. The molecule has 1 amide bonds. The van der Waals surface area contributed by atoms with E-state index in [0.717, 1.165) is 5.56 Å². The number of aryl methyl sites for hydroxylation is 1. The second kappa shape index (κ2) is 9.92. The molecule has 13 heteroatoms. The molecule has 1 aromatic rings. The number of amides is 1. The molecule has 0 fully saturated rings. The number of thiol groups is 1. The largest absolute Gasteiger partial charge is 0.453 e. The minimum atomic E-state index is -5.55. The zero-order valence-corrected chi connectivity index (χ0v) is 15.0. The number of benzene rings is 1. The first-order chi connectivity index (χ1) is 11.7. The van der Waals surface area contributed by atoms with Gasteiger partial charge in [0.15, 0.2) is 0 Å². The summed E-state index contributed by atoms with van der Waals surface area (Å²) in [6.45, 7) is 1.46. The highest BCUT2D eigenvalue weighted by Gasteiger charge is 2.56. The third kappa shape index (κ3) is 9.77. The van der Waals surface area contributed by atoms with Gasteiger partial charge in [-0.05, 0) is 25.5 Å². The molecule has 0 aliphatic rings. The van der Waals surface area contributed by atoms with Crippen LogP contribution in [0, 0.1) is 6.92 Å². The van der Waals surface area contributed by atoms with Crippen LogP contribution in [0.15, 0.2) is 39.4 Å². The summed E-state index contributed by atoms with van der Waals surface area (Å²) < 4.78 is 88.8. The summed E-state index contributed by atoms with van der Waals surface area (Å²) in [7, 11) is -4.02. The fourth-order valence-electron chi connectivity index (χ4n) is 1.33. The maximum Gasteiger partial charge on any atom is 0.453 e. The number of nitrogens with zero attached hydrogens (tertiary/aromatic N) is 2. The molecule has 1 rings (SSSR count). The topological polar surface area (TPSA) is 96.2 Å². The average Bonchev–Trinajstić information content (AvgIpc) is 2.45. The maximum absolute atomic E-state index is 12.2. The van der Waals surface area contributed by atoms with Gasteiger partial charge in [0.05, 0.1) is 11.4 Å². The number of halogens is 5. The van der Waals surface area contributed by atoms with Gasteiger partial charge in [-0.15, -0.1) is 5.11 Å². The molecule has 0 heterocycles. The number of hydrogen-bond donors (Lipinski definition) is 2. The molecule has 0 radical (unpaired) electrons. The molecule has 1 N–H and O–H groups in total. The van der Waals surface area contributed by atoms with E-state index in [1.807, 2.05) is 6.92 Å². The second-order valence-electron chi connectivity index (χ2n) is 4.84. The summed E-state index contributed by atoms with van der Waals surface area (Å²) in [6, 6.07) is 5.99. The Morgan fingerprint density at radius 3 is 2.04 bits per heavy atom. The van der Waals surface area contributed by atoms with Gasteiger partial charge in [-0.2, -0.15) is 35.5 Å². The van der Waals surface area contributed by atoms with E-state index in [0.29, 0.717) is 0 Å². The van der Waals surface area contributed by atoms with Gasteiger partial charge in [-0.3, -0.25) is 9.35 Å². The van der Waals surface area contributed by atoms with Crippen LogP contribution in [0.4, 0.5) is 26.7 Å². The number of hydrogen-bond acceptors (Lipinski definition) is 4. The van der Waals surface area contributed by atoms with Gasteiger partial charge >= 0.3 is 17.3 Å². The molecule has 0 spiro atoms. The number of carbonyl (C=O) groups is 1. The first-order valence-electron chi connectivity index (χ1n) is 6.76. The average molecular weight is 422 g/mol. The Labute approximate surface area is 151 Å². The van der Waals surface area contributed by atoms with Crippen LogP contribution in [0.5, 0.6) is 0 Å². The smallest absolute Gasteiger partial charge is 0.282 e. The highest BCUT2D eigenvalue weighted by molar-refractivity contribution is 7.96. The van der Waals surface area contributed by atoms with E-state index in [1.54, 1.807) is 12.1 Å². The van der Waals surface area contributed by atoms with Crippen molar-refractivity contribution >= 4 is 28.0 Å². The van der Waals surface area contributed by atoms with Crippen LogP contribution < -0.4 is 0 Å². The highest BCUT2D eigenvalue weighted by atomic mass is 32.2. The maximum atomic E-state index is 12.2. The van der Waals surface area contributed by atoms with Crippen molar-refractivity contribution in [1.82, 2.24) is 0 Å². The lowest BCUT2D eigenvalue weighted by atomic mass is 10.2. The highest BCUT2D eigenvalue weighted by Crippen LogP contribution is 2.38. The summed E-state index contributed by atoms with van der Waals surface area (Å²) in [5.74, 6) is -4.73. The van der Waals surface area contributed by atoms with E-state index < -0.39 is 40.3 Å². The molecular weight excluding hydrogens is 407 g/mol. The van der Waals surface area contributed by atoms with E-state index in [-0.39, 0.29) is 11.4 Å². The van der Waals surface area contributed by atoms with Crippen molar-refractivity contribution in [2.45, 2.75) is 36.8 Å². The van der Waals surface area contributed by atoms with Gasteiger partial charge < -0.3 is 0 Å². The van der Waals surface area contributed by atoms with Crippen molar-refractivity contribution in [3.8, 4) is 0 Å². The Morgan fingerprint density at radius 1 is 1.15 bits per heavy atom. The first kappa shape index (κ1) is 24.4. The summed E-state index contributed by atoms with van der Waals surface area (Å²) in [5.41, 5.74) is 0.956. The predicted octanol–water partition coefficient (Wildman–Crippen LogP) is 4.71. The molecule has 0 unspecified atom stereocenters. The van der Waals surface area contributed by atoms with E-state index in [9.17, 15) is 35.2 Å². The third-order valence-electron chi connectivity index (χ3n) is 2.64. The van der Waals surface area contributed by atoms with E-state index in [1.165, 1.54) is 12.1 Å². The standard InChI is InChI=1S/C7H8O3S.C6H7F5N2OS/c1-6-2-4-7(5-3-6)11(8,9)10;7-5(8,6(9,10)11)2-1-3-12-13-4(14)15/h2-5H,1H3,(H,8,9,10);1-3H2,(H,14,15)/b;13-12+. The lowest BCUT2D eigenvalue weighted by Gasteiger charge is -2.18. The Hall–Kier alpha value is -1.60. The number of azo groups is 1. The van der Waals surface area contributed by atoms with Gasteiger partial charge in [0, 0.05) is 6.42 Å². The molecule has 148 valence electrons. The van der Waals surface area contributed by atoms with Crippen molar-refractivity contribution in [3.63, 3.8) is 0 Å². The van der Waals surface area contributed by atoms with Crippen LogP contribution in [-0.2, 0) is 10.1 Å². The van der Waals surface area contributed by atoms with Crippen LogP contribution in [-0.4, -0.2) is 36.9 Å². The summed E-state index contributed by atoms with van der Waals surface area (Å²) in [4.78, 5) is 9.97. The fourth-order valence-corrected chi connectivity index (χ4v) is 1.88. The molecular formula is C13H15F5N2O4S2. The van der Waals surface area contributed by atoms with Crippen LogP contribution in [0.3, 0.4) is 0 Å². The van der Waals surface area contributed by atoms with Crippen molar-refractivity contribution < 1.29 is 39.7 Å². The van der Waals surface area contributed by atoms with Crippen molar-refractivity contribution in [1.29, 1.82) is 0 Å². The normalized spacial score (nSPS) is 12.6. The van der Waals surface area contributed by atoms with Crippen LogP contribution in [0.25, 0.3) is 0 Å². The predicted molar refractivity (Wildman–Crippen MR) is 85.3 cm³/mol. The minimum Gasteiger partial charge on any atom is -0.282 e. The number of alkyl halides is 5. The SMILES string of the molecule is Cc1ccc(S(=O)(=O)O)cc1.O=C(S)/N=N/CCCC(F)(F)C(F)(F)F. The molecule has 0 aromatic heterocycles. The van der Waals surface area contributed by atoms with E-state index in [2.05, 4.69) is 22.9 Å². The molecule has 0 saturated carbocycles. The second-order valence-corrected chi connectivity index (χ2v) is 6.65. The molecule has 0 bridgehead atoms. The molecule has 1 aromatic carbocycles. The Morgan fingerprint density at radius 2 is 1.65 bits per heavy atom. The summed E-state index contributed by atoms with van der Waals surface area (Å²) in [6.07, 6.45) is -7.45. The molecule has 0 saturated heterocycles. The molecule has 0 aliphatic carbocycles. The Balaban J connectivity index is 0.000000502. The van der Waals surface area contributed by atoms with Gasteiger partial charge in [-0.25, -0.2) is 0 Å². The minimum absolute atomic E-state index is 0.0666. The van der Waals surface area contributed by atoms with Crippen LogP contribution in [0.2, 0.25) is 0 Å². The van der Waals surface area contributed by atoms with Gasteiger partial charge in [0.2, 0.25) is 0 Å². The van der Waals surface area contributed by atoms with Crippen molar-refractivity contribution in [2.24, 2.45) is 10.2 Å². The van der Waals surface area contributed by atoms with Crippen LogP contribution >= 0.6 is 12.6 Å². The number of rotatable bonds is 5. The van der Waals surface area contributed by atoms with E-state index in [4.69, 9.17) is 4.55 Å². The summed E-state index contributed by atoms with van der Waals surface area (Å²) in [5, 5.41) is 4.95. The van der Waals surface area contributed by atoms with Crippen LogP contribution in [0.1, 0.15) is 18.4 Å². The zero-order valence-electron chi connectivity index (χ0n) is 13.2. The van der Waals surface area contributed by atoms with Crippen molar-refractivity contribution in [2.75, 3.05) is 6.54 Å². The van der Waals surface area contributed by atoms with Gasteiger partial charge in [0.1, 0.15) is 0 Å².